The van der Waals surface area contributed by atoms with Crippen molar-refractivity contribution in [3.8, 4) is 0 Å². The van der Waals surface area contributed by atoms with Crippen molar-refractivity contribution in [2.45, 2.75) is 32.9 Å². The van der Waals surface area contributed by atoms with E-state index < -0.39 is 5.54 Å². The quantitative estimate of drug-likeness (QED) is 0.924. The molecular weight excluding hydrogens is 312 g/mol. The Bertz CT molecular complexity index is 654. The lowest BCUT2D eigenvalue weighted by Gasteiger charge is -2.11. The predicted molar refractivity (Wildman–Crippen MR) is 73.8 cm³/mol. The van der Waals surface area contributed by atoms with Gasteiger partial charge in [-0.15, -0.1) is 0 Å². The third-order valence-corrected chi connectivity index (χ3v) is 3.02. The van der Waals surface area contributed by atoms with E-state index in [1.165, 1.54) is 4.57 Å². The maximum absolute atomic E-state index is 12.0. The van der Waals surface area contributed by atoms with Gasteiger partial charge in [0.05, 0.1) is 5.54 Å². The topological polar surface area (TPSA) is 86.9 Å². The highest BCUT2D eigenvalue weighted by atomic mass is 79.9. The Labute approximate surface area is 118 Å². The highest BCUT2D eigenvalue weighted by Gasteiger charge is 2.21. The SMILES string of the molecule is Cc1cc(Br)cn(Cc2nc(C(C)(C)N)no2)c1=O. The summed E-state index contributed by atoms with van der Waals surface area (Å²) >= 11 is 3.35. The molecule has 0 amide bonds. The number of halogens is 1. The molecule has 0 aliphatic rings. The van der Waals surface area contributed by atoms with Crippen LogP contribution < -0.4 is 11.3 Å². The maximum atomic E-state index is 12.0. The van der Waals surface area contributed by atoms with E-state index >= 15 is 0 Å². The highest BCUT2D eigenvalue weighted by molar-refractivity contribution is 9.10. The van der Waals surface area contributed by atoms with Crippen LogP contribution in [0.5, 0.6) is 0 Å². The Balaban J connectivity index is 2.32. The number of hydrogen-bond acceptors (Lipinski definition) is 5. The zero-order valence-corrected chi connectivity index (χ0v) is 12.6. The van der Waals surface area contributed by atoms with Crippen molar-refractivity contribution in [2.75, 3.05) is 0 Å². The van der Waals surface area contributed by atoms with Gasteiger partial charge in [0, 0.05) is 16.2 Å². The van der Waals surface area contributed by atoms with Crippen molar-refractivity contribution in [3.05, 3.63) is 44.4 Å². The third-order valence-electron chi connectivity index (χ3n) is 2.58. The van der Waals surface area contributed by atoms with Crippen LogP contribution >= 0.6 is 15.9 Å². The van der Waals surface area contributed by atoms with Crippen molar-refractivity contribution in [2.24, 2.45) is 5.73 Å². The fourth-order valence-corrected chi connectivity index (χ4v) is 2.17. The van der Waals surface area contributed by atoms with E-state index in [1.807, 2.05) is 0 Å². The number of aromatic nitrogens is 3. The van der Waals surface area contributed by atoms with Gasteiger partial charge in [0.25, 0.3) is 5.56 Å². The first-order valence-corrected chi connectivity index (χ1v) is 6.55. The predicted octanol–water partition coefficient (Wildman–Crippen LogP) is 1.54. The molecule has 0 aliphatic heterocycles. The lowest BCUT2D eigenvalue weighted by molar-refractivity contribution is 0.354. The number of nitrogens with zero attached hydrogens (tertiary/aromatic N) is 3. The van der Waals surface area contributed by atoms with E-state index in [2.05, 4.69) is 26.1 Å². The Morgan fingerprint density at radius 1 is 1.53 bits per heavy atom. The van der Waals surface area contributed by atoms with Crippen LogP contribution in [0.15, 0.2) is 26.1 Å². The van der Waals surface area contributed by atoms with Crippen LogP contribution in [-0.2, 0) is 12.1 Å². The van der Waals surface area contributed by atoms with Crippen LogP contribution in [0.3, 0.4) is 0 Å². The molecule has 0 fully saturated rings. The van der Waals surface area contributed by atoms with Gasteiger partial charge in [-0.25, -0.2) is 0 Å². The fraction of sp³-hybridized carbons (Fsp3) is 0.417. The highest BCUT2D eigenvalue weighted by Crippen LogP contribution is 2.14. The summed E-state index contributed by atoms with van der Waals surface area (Å²) in [4.78, 5) is 16.2. The normalized spacial score (nSPS) is 11.8. The molecule has 0 bridgehead atoms. The minimum atomic E-state index is -0.667. The second kappa shape index (κ2) is 4.90. The molecule has 2 aromatic rings. The summed E-state index contributed by atoms with van der Waals surface area (Å²) < 4.78 is 7.45. The number of hydrogen-bond donors (Lipinski definition) is 1. The minimum Gasteiger partial charge on any atom is -0.337 e. The molecule has 7 heteroatoms. The molecule has 19 heavy (non-hydrogen) atoms. The van der Waals surface area contributed by atoms with E-state index in [0.29, 0.717) is 17.3 Å². The van der Waals surface area contributed by atoms with Crippen LogP contribution in [0.25, 0.3) is 0 Å². The van der Waals surface area contributed by atoms with E-state index in [-0.39, 0.29) is 12.1 Å². The zero-order valence-electron chi connectivity index (χ0n) is 11.0. The van der Waals surface area contributed by atoms with Crippen LogP contribution in [0.1, 0.15) is 31.1 Å². The van der Waals surface area contributed by atoms with Crippen LogP contribution in [0.2, 0.25) is 0 Å². The van der Waals surface area contributed by atoms with Crippen molar-refractivity contribution in [3.63, 3.8) is 0 Å². The number of pyridine rings is 1. The number of aryl methyl sites for hydroxylation is 1. The molecule has 0 atom stereocenters. The lowest BCUT2D eigenvalue weighted by Crippen LogP contribution is -2.30. The summed E-state index contributed by atoms with van der Waals surface area (Å²) in [5, 5.41) is 3.82. The largest absolute Gasteiger partial charge is 0.337 e. The van der Waals surface area contributed by atoms with Crippen molar-refractivity contribution < 1.29 is 4.52 Å². The zero-order chi connectivity index (χ0) is 14.2. The molecule has 0 saturated carbocycles. The van der Waals surface area contributed by atoms with E-state index in [1.54, 1.807) is 33.0 Å². The second-order valence-corrected chi connectivity index (χ2v) is 5.92. The molecule has 2 heterocycles. The van der Waals surface area contributed by atoms with Crippen molar-refractivity contribution in [1.82, 2.24) is 14.7 Å². The third kappa shape index (κ3) is 3.10. The van der Waals surface area contributed by atoms with Gasteiger partial charge in [-0.1, -0.05) is 5.16 Å². The Kier molecular flexibility index (Phi) is 3.60. The monoisotopic (exact) mass is 326 g/mol. The van der Waals surface area contributed by atoms with Gasteiger partial charge in [-0.3, -0.25) is 4.79 Å². The van der Waals surface area contributed by atoms with Gasteiger partial charge < -0.3 is 14.8 Å². The standard InChI is InChI=1S/C12H15BrN4O2/c1-7-4-8(13)5-17(10(7)18)6-9-15-11(16-19-9)12(2,3)14/h4-5H,6,14H2,1-3H3. The van der Waals surface area contributed by atoms with Gasteiger partial charge in [-0.05, 0) is 42.8 Å². The van der Waals surface area contributed by atoms with E-state index in [4.69, 9.17) is 10.3 Å². The molecule has 2 rings (SSSR count). The molecule has 0 aliphatic carbocycles. The van der Waals surface area contributed by atoms with Gasteiger partial charge >= 0.3 is 0 Å². The first-order valence-electron chi connectivity index (χ1n) is 5.76. The average molecular weight is 327 g/mol. The lowest BCUT2D eigenvalue weighted by atomic mass is 10.1. The molecule has 2 aromatic heterocycles. The summed E-state index contributed by atoms with van der Waals surface area (Å²) in [6.07, 6.45) is 1.69. The molecule has 0 saturated heterocycles. The smallest absolute Gasteiger partial charge is 0.253 e. The first kappa shape index (κ1) is 14.0. The molecule has 0 unspecified atom stereocenters. The fourth-order valence-electron chi connectivity index (χ4n) is 1.58. The summed E-state index contributed by atoms with van der Waals surface area (Å²) in [5.41, 5.74) is 5.77. The molecule has 2 N–H and O–H groups in total. The van der Waals surface area contributed by atoms with E-state index in [9.17, 15) is 4.79 Å². The van der Waals surface area contributed by atoms with Gasteiger partial charge in [-0.2, -0.15) is 4.98 Å². The molecule has 0 spiro atoms. The van der Waals surface area contributed by atoms with Gasteiger partial charge in [0.1, 0.15) is 6.54 Å². The summed E-state index contributed by atoms with van der Waals surface area (Å²) in [7, 11) is 0. The molecule has 0 radical (unpaired) electrons. The Morgan fingerprint density at radius 2 is 2.21 bits per heavy atom. The van der Waals surface area contributed by atoms with Gasteiger partial charge in [0.15, 0.2) is 5.82 Å². The van der Waals surface area contributed by atoms with Gasteiger partial charge in [0.2, 0.25) is 5.89 Å². The average Bonchev–Trinajstić information content (AvgIpc) is 2.73. The second-order valence-electron chi connectivity index (χ2n) is 5.01. The summed E-state index contributed by atoms with van der Waals surface area (Å²) in [6.45, 7) is 5.56. The molecule has 102 valence electrons. The Morgan fingerprint density at radius 3 is 2.79 bits per heavy atom. The molecular formula is C12H15BrN4O2. The molecule has 6 nitrogen and oxygen atoms in total. The van der Waals surface area contributed by atoms with E-state index in [0.717, 1.165) is 4.47 Å². The van der Waals surface area contributed by atoms with Crippen molar-refractivity contribution >= 4 is 15.9 Å². The Hall–Kier alpha value is -1.47. The number of nitrogens with two attached hydrogens (primary N) is 1. The van der Waals surface area contributed by atoms with Crippen LogP contribution in [0, 0.1) is 6.92 Å². The minimum absolute atomic E-state index is 0.0880. The first-order chi connectivity index (χ1) is 8.77. The summed E-state index contributed by atoms with van der Waals surface area (Å²) in [6, 6.07) is 1.76. The molecule has 0 aromatic carbocycles. The van der Waals surface area contributed by atoms with Crippen LogP contribution in [0.4, 0.5) is 0 Å². The maximum Gasteiger partial charge on any atom is 0.253 e. The van der Waals surface area contributed by atoms with Crippen molar-refractivity contribution in [1.29, 1.82) is 0 Å². The van der Waals surface area contributed by atoms with Crippen LogP contribution in [-0.4, -0.2) is 14.7 Å². The summed E-state index contributed by atoms with van der Waals surface area (Å²) in [5.74, 6) is 0.774. The number of rotatable bonds is 3.